The van der Waals surface area contributed by atoms with Crippen LogP contribution in [0.15, 0.2) is 59.0 Å². The van der Waals surface area contributed by atoms with E-state index in [1.807, 2.05) is 18.2 Å². The summed E-state index contributed by atoms with van der Waals surface area (Å²) in [7, 11) is 0. The first kappa shape index (κ1) is 13.9. The van der Waals surface area contributed by atoms with Crippen LogP contribution in [0.1, 0.15) is 31.9 Å². The summed E-state index contributed by atoms with van der Waals surface area (Å²) in [6.07, 6.45) is 1.15. The van der Waals surface area contributed by atoms with Gasteiger partial charge in [0.1, 0.15) is 11.3 Å². The number of hydrogen-bond donors (Lipinski definition) is 1. The van der Waals surface area contributed by atoms with E-state index in [1.165, 1.54) is 5.56 Å². The molecule has 0 radical (unpaired) electrons. The Balaban J connectivity index is 1.91. The van der Waals surface area contributed by atoms with E-state index in [4.69, 9.17) is 4.42 Å². The molecular weight excluding hydrogens is 258 g/mol. The fraction of sp³-hybridized carbons (Fsp3) is 0.263. The average Bonchev–Trinajstić information content (AvgIpc) is 2.97. The van der Waals surface area contributed by atoms with Gasteiger partial charge in [0.2, 0.25) is 0 Å². The molecule has 3 rings (SSSR count). The lowest BCUT2D eigenvalue weighted by Gasteiger charge is -2.14. The fourth-order valence-electron chi connectivity index (χ4n) is 2.56. The van der Waals surface area contributed by atoms with E-state index < -0.39 is 0 Å². The van der Waals surface area contributed by atoms with Crippen LogP contribution in [0.3, 0.4) is 0 Å². The third-order valence-electron chi connectivity index (χ3n) is 3.80. The Morgan fingerprint density at radius 3 is 2.71 bits per heavy atom. The summed E-state index contributed by atoms with van der Waals surface area (Å²) in [5.74, 6) is 0.931. The zero-order chi connectivity index (χ0) is 14.7. The highest BCUT2D eigenvalue weighted by atomic mass is 16.3. The van der Waals surface area contributed by atoms with Crippen LogP contribution in [-0.4, -0.2) is 6.54 Å². The van der Waals surface area contributed by atoms with Gasteiger partial charge in [0.05, 0.1) is 0 Å². The van der Waals surface area contributed by atoms with E-state index in [2.05, 4.69) is 55.6 Å². The van der Waals surface area contributed by atoms with E-state index in [0.29, 0.717) is 6.04 Å². The summed E-state index contributed by atoms with van der Waals surface area (Å²) < 4.78 is 5.95. The van der Waals surface area contributed by atoms with E-state index in [1.54, 1.807) is 0 Å². The minimum Gasteiger partial charge on any atom is -0.456 e. The molecule has 1 unspecified atom stereocenters. The molecule has 0 amide bonds. The molecule has 0 saturated carbocycles. The monoisotopic (exact) mass is 279 g/mol. The number of hydrogen-bond acceptors (Lipinski definition) is 2. The number of nitrogens with one attached hydrogen (secondary N) is 1. The predicted molar refractivity (Wildman–Crippen MR) is 88.4 cm³/mol. The van der Waals surface area contributed by atoms with Gasteiger partial charge in [-0.15, -0.1) is 0 Å². The molecule has 0 aliphatic heterocycles. The zero-order valence-corrected chi connectivity index (χ0v) is 12.6. The largest absolute Gasteiger partial charge is 0.456 e. The highest BCUT2D eigenvalue weighted by molar-refractivity contribution is 5.82. The Hall–Kier alpha value is -2.06. The van der Waals surface area contributed by atoms with Crippen LogP contribution in [0.25, 0.3) is 22.3 Å². The first-order valence-corrected chi connectivity index (χ1v) is 7.60. The summed E-state index contributed by atoms with van der Waals surface area (Å²) in [6.45, 7) is 5.42. The van der Waals surface area contributed by atoms with Gasteiger partial charge in [-0.05, 0) is 43.7 Å². The average molecular weight is 279 g/mol. The number of rotatable bonds is 5. The van der Waals surface area contributed by atoms with Crippen molar-refractivity contribution in [3.05, 3.63) is 60.2 Å². The van der Waals surface area contributed by atoms with Crippen LogP contribution in [0.2, 0.25) is 0 Å². The van der Waals surface area contributed by atoms with E-state index in [-0.39, 0.29) is 0 Å². The van der Waals surface area contributed by atoms with Gasteiger partial charge in [-0.25, -0.2) is 0 Å². The molecule has 1 N–H and O–H groups in total. The van der Waals surface area contributed by atoms with Gasteiger partial charge >= 0.3 is 0 Å². The maximum Gasteiger partial charge on any atom is 0.135 e. The van der Waals surface area contributed by atoms with Crippen LogP contribution in [-0.2, 0) is 0 Å². The van der Waals surface area contributed by atoms with E-state index in [0.717, 1.165) is 35.3 Å². The molecule has 1 atom stereocenters. The molecule has 108 valence electrons. The molecule has 0 fully saturated rings. The van der Waals surface area contributed by atoms with Gasteiger partial charge in [0.25, 0.3) is 0 Å². The molecule has 2 aromatic carbocycles. The minimum atomic E-state index is 0.356. The third kappa shape index (κ3) is 3.01. The maximum atomic E-state index is 5.95. The van der Waals surface area contributed by atoms with Crippen molar-refractivity contribution in [3.63, 3.8) is 0 Å². The molecule has 0 aliphatic carbocycles. The highest BCUT2D eigenvalue weighted by Gasteiger charge is 2.09. The Kier molecular flexibility index (Phi) is 4.07. The molecule has 2 heteroatoms. The second kappa shape index (κ2) is 6.15. The first-order valence-electron chi connectivity index (χ1n) is 7.60. The number of benzene rings is 2. The van der Waals surface area contributed by atoms with E-state index in [9.17, 15) is 0 Å². The van der Waals surface area contributed by atoms with Gasteiger partial charge in [-0.2, -0.15) is 0 Å². The van der Waals surface area contributed by atoms with Crippen molar-refractivity contribution >= 4 is 11.0 Å². The van der Waals surface area contributed by atoms with Crippen molar-refractivity contribution < 1.29 is 4.42 Å². The minimum absolute atomic E-state index is 0.356. The summed E-state index contributed by atoms with van der Waals surface area (Å²) >= 11 is 0. The predicted octanol–water partition coefficient (Wildman–Crippen LogP) is 5.16. The first-order chi connectivity index (χ1) is 10.3. The molecule has 1 aromatic heterocycles. The molecular formula is C19H21NO. The SMILES string of the molecule is CCCNC(C)c1cccc(-c2cc3ccccc3o2)c1. The van der Waals surface area contributed by atoms with Gasteiger partial charge in [0.15, 0.2) is 0 Å². The van der Waals surface area contributed by atoms with Crippen LogP contribution in [0.5, 0.6) is 0 Å². The Bertz CT molecular complexity index is 696. The summed E-state index contributed by atoms with van der Waals surface area (Å²) in [4.78, 5) is 0. The zero-order valence-electron chi connectivity index (χ0n) is 12.6. The molecule has 0 bridgehead atoms. The summed E-state index contributed by atoms with van der Waals surface area (Å²) in [5, 5.41) is 4.67. The van der Waals surface area contributed by atoms with E-state index >= 15 is 0 Å². The molecule has 0 saturated heterocycles. The third-order valence-corrected chi connectivity index (χ3v) is 3.80. The van der Waals surface area contributed by atoms with Crippen molar-refractivity contribution in [2.45, 2.75) is 26.3 Å². The van der Waals surface area contributed by atoms with Crippen LogP contribution in [0, 0.1) is 0 Å². The van der Waals surface area contributed by atoms with Gasteiger partial charge in [0, 0.05) is 17.0 Å². The summed E-state index contributed by atoms with van der Waals surface area (Å²) in [6, 6.07) is 19.2. The lowest BCUT2D eigenvalue weighted by molar-refractivity contribution is 0.570. The van der Waals surface area contributed by atoms with Crippen molar-refractivity contribution in [2.24, 2.45) is 0 Å². The van der Waals surface area contributed by atoms with Crippen LogP contribution in [0.4, 0.5) is 0 Å². The molecule has 3 aromatic rings. The van der Waals surface area contributed by atoms with Gasteiger partial charge < -0.3 is 9.73 Å². The quantitative estimate of drug-likeness (QED) is 0.697. The van der Waals surface area contributed by atoms with Crippen molar-refractivity contribution in [1.29, 1.82) is 0 Å². The molecule has 2 nitrogen and oxygen atoms in total. The van der Waals surface area contributed by atoms with Gasteiger partial charge in [-0.1, -0.05) is 43.3 Å². The maximum absolute atomic E-state index is 5.95. The highest BCUT2D eigenvalue weighted by Crippen LogP contribution is 2.29. The number of furan rings is 1. The number of para-hydroxylation sites is 1. The molecule has 0 spiro atoms. The Morgan fingerprint density at radius 2 is 1.90 bits per heavy atom. The van der Waals surface area contributed by atoms with Crippen molar-refractivity contribution in [1.82, 2.24) is 5.32 Å². The lowest BCUT2D eigenvalue weighted by atomic mass is 10.0. The molecule has 1 heterocycles. The van der Waals surface area contributed by atoms with Crippen LogP contribution < -0.4 is 5.32 Å². The normalized spacial score (nSPS) is 12.7. The second-order valence-electron chi connectivity index (χ2n) is 5.45. The smallest absolute Gasteiger partial charge is 0.135 e. The standard InChI is InChI=1S/C19H21NO/c1-3-11-20-14(2)15-8-6-9-16(12-15)19-13-17-7-4-5-10-18(17)21-19/h4-10,12-14,20H,3,11H2,1-2H3. The van der Waals surface area contributed by atoms with Gasteiger partial charge in [-0.3, -0.25) is 0 Å². The Morgan fingerprint density at radius 1 is 1.05 bits per heavy atom. The second-order valence-corrected chi connectivity index (χ2v) is 5.45. The summed E-state index contributed by atoms with van der Waals surface area (Å²) in [5.41, 5.74) is 3.37. The molecule has 21 heavy (non-hydrogen) atoms. The lowest BCUT2D eigenvalue weighted by Crippen LogP contribution is -2.19. The topological polar surface area (TPSA) is 25.2 Å². The number of fused-ring (bicyclic) bond motifs is 1. The van der Waals surface area contributed by atoms with Crippen molar-refractivity contribution in [3.8, 4) is 11.3 Å². The Labute approximate surface area is 125 Å². The van der Waals surface area contributed by atoms with Crippen LogP contribution >= 0.6 is 0 Å². The van der Waals surface area contributed by atoms with Crippen molar-refractivity contribution in [2.75, 3.05) is 6.54 Å². The fourth-order valence-corrected chi connectivity index (χ4v) is 2.56. The molecule has 0 aliphatic rings.